The first-order valence-corrected chi connectivity index (χ1v) is 13.4. The highest BCUT2D eigenvalue weighted by Crippen LogP contribution is 2.38. The first kappa shape index (κ1) is 23.1. The Balaban J connectivity index is 1.47. The molecule has 186 valence electrons. The Morgan fingerprint density at radius 3 is 2.18 bits per heavy atom. The number of para-hydroxylation sites is 2. The fourth-order valence-corrected chi connectivity index (χ4v) is 5.92. The van der Waals surface area contributed by atoms with Gasteiger partial charge < -0.3 is 9.13 Å². The molecule has 1 aliphatic rings. The Bertz CT molecular complexity index is 2110. The highest BCUT2D eigenvalue weighted by Gasteiger charge is 2.16. The van der Waals surface area contributed by atoms with Crippen molar-refractivity contribution in [1.29, 1.82) is 0 Å². The van der Waals surface area contributed by atoms with Crippen molar-refractivity contribution in [2.45, 2.75) is 13.8 Å². The zero-order valence-corrected chi connectivity index (χ0v) is 22.1. The molecule has 39 heavy (non-hydrogen) atoms. The maximum Gasteiger partial charge on any atom is 0.0547 e. The Morgan fingerprint density at radius 2 is 1.36 bits per heavy atom. The molecule has 2 heteroatoms. The van der Waals surface area contributed by atoms with Crippen LogP contribution in [0, 0.1) is 0 Å². The predicted octanol–water partition coefficient (Wildman–Crippen LogP) is 10.1. The molecule has 0 bridgehead atoms. The molecular formula is C37H28N2. The zero-order valence-electron chi connectivity index (χ0n) is 22.1. The van der Waals surface area contributed by atoms with Gasteiger partial charge in [0.15, 0.2) is 0 Å². The van der Waals surface area contributed by atoms with Gasteiger partial charge in [0.2, 0.25) is 0 Å². The number of rotatable bonds is 4. The normalized spacial score (nSPS) is 13.9. The van der Waals surface area contributed by atoms with Crippen molar-refractivity contribution in [3.63, 3.8) is 0 Å². The molecule has 2 heterocycles. The van der Waals surface area contributed by atoms with E-state index in [0.717, 1.165) is 5.70 Å². The molecular weight excluding hydrogens is 472 g/mol. The van der Waals surface area contributed by atoms with Crippen molar-refractivity contribution < 1.29 is 0 Å². The molecule has 0 radical (unpaired) electrons. The SMILES string of the molecule is C/C=C\C(=C/C)n1c2ccccc2c2ccc(-c3ccc4c(c3)c3ccccc3n4C3=CC=CC=C=C3)cc21. The summed E-state index contributed by atoms with van der Waals surface area (Å²) in [4.78, 5) is 0. The molecule has 0 aliphatic heterocycles. The quantitative estimate of drug-likeness (QED) is 0.168. The van der Waals surface area contributed by atoms with Crippen LogP contribution in [0.25, 0.3) is 66.1 Å². The molecule has 6 aromatic rings. The summed E-state index contributed by atoms with van der Waals surface area (Å²) in [5.41, 5.74) is 12.8. The molecule has 0 saturated heterocycles. The Hall–Kier alpha value is -5.04. The minimum Gasteiger partial charge on any atom is -0.310 e. The van der Waals surface area contributed by atoms with Gasteiger partial charge in [-0.2, -0.15) is 0 Å². The van der Waals surface area contributed by atoms with Crippen LogP contribution in [0.15, 0.2) is 139 Å². The van der Waals surface area contributed by atoms with Crippen molar-refractivity contribution in [3.05, 3.63) is 139 Å². The first-order valence-electron chi connectivity index (χ1n) is 13.4. The van der Waals surface area contributed by atoms with Crippen molar-refractivity contribution in [2.24, 2.45) is 0 Å². The molecule has 4 aromatic carbocycles. The summed E-state index contributed by atoms with van der Waals surface area (Å²) in [5.74, 6) is 0. The van der Waals surface area contributed by atoms with Gasteiger partial charge in [0.1, 0.15) is 0 Å². The van der Waals surface area contributed by atoms with E-state index >= 15 is 0 Å². The highest BCUT2D eigenvalue weighted by molar-refractivity contribution is 6.13. The van der Waals surface area contributed by atoms with E-state index in [9.17, 15) is 0 Å². The van der Waals surface area contributed by atoms with Gasteiger partial charge in [0.25, 0.3) is 0 Å². The van der Waals surface area contributed by atoms with Crippen LogP contribution in [0.5, 0.6) is 0 Å². The summed E-state index contributed by atoms with van der Waals surface area (Å²) in [7, 11) is 0. The van der Waals surface area contributed by atoms with Crippen LogP contribution >= 0.6 is 0 Å². The van der Waals surface area contributed by atoms with Crippen molar-refractivity contribution in [3.8, 4) is 11.1 Å². The van der Waals surface area contributed by atoms with Crippen LogP contribution in [0.1, 0.15) is 13.8 Å². The third-order valence-corrected chi connectivity index (χ3v) is 7.63. The number of hydrogen-bond acceptors (Lipinski definition) is 0. The van der Waals surface area contributed by atoms with Gasteiger partial charge in [-0.1, -0.05) is 78.9 Å². The topological polar surface area (TPSA) is 9.86 Å². The third-order valence-electron chi connectivity index (χ3n) is 7.63. The Kier molecular flexibility index (Phi) is 5.55. The second-order valence-corrected chi connectivity index (χ2v) is 9.84. The lowest BCUT2D eigenvalue weighted by atomic mass is 10.0. The largest absolute Gasteiger partial charge is 0.310 e. The van der Waals surface area contributed by atoms with Gasteiger partial charge in [0, 0.05) is 33.3 Å². The van der Waals surface area contributed by atoms with E-state index in [1.807, 2.05) is 12.2 Å². The van der Waals surface area contributed by atoms with E-state index in [2.05, 4.69) is 150 Å². The lowest BCUT2D eigenvalue weighted by molar-refractivity contribution is 1.23. The van der Waals surface area contributed by atoms with Crippen LogP contribution in [-0.4, -0.2) is 9.13 Å². The smallest absolute Gasteiger partial charge is 0.0547 e. The van der Waals surface area contributed by atoms with E-state index < -0.39 is 0 Å². The number of hydrogen-bond donors (Lipinski definition) is 0. The molecule has 2 nitrogen and oxygen atoms in total. The fourth-order valence-electron chi connectivity index (χ4n) is 5.92. The van der Waals surface area contributed by atoms with Crippen molar-refractivity contribution in [1.82, 2.24) is 9.13 Å². The Morgan fingerprint density at radius 1 is 0.667 bits per heavy atom. The van der Waals surface area contributed by atoms with Gasteiger partial charge in [-0.3, -0.25) is 0 Å². The summed E-state index contributed by atoms with van der Waals surface area (Å²) in [6.07, 6.45) is 16.7. The number of benzene rings is 4. The molecule has 0 N–H and O–H groups in total. The monoisotopic (exact) mass is 500 g/mol. The number of allylic oxidation sites excluding steroid dienone is 9. The summed E-state index contributed by atoms with van der Waals surface area (Å²) in [6.45, 7) is 4.18. The second kappa shape index (κ2) is 9.36. The van der Waals surface area contributed by atoms with E-state index in [4.69, 9.17) is 0 Å². The lowest BCUT2D eigenvalue weighted by Crippen LogP contribution is -1.94. The minimum absolute atomic E-state index is 1.10. The van der Waals surface area contributed by atoms with Gasteiger partial charge >= 0.3 is 0 Å². The second-order valence-electron chi connectivity index (χ2n) is 9.84. The lowest BCUT2D eigenvalue weighted by Gasteiger charge is -2.10. The summed E-state index contributed by atoms with van der Waals surface area (Å²) >= 11 is 0. The third kappa shape index (κ3) is 3.66. The molecule has 0 unspecified atom stereocenters. The average molecular weight is 501 g/mol. The van der Waals surface area contributed by atoms with Crippen LogP contribution in [0.4, 0.5) is 0 Å². The Labute approximate surface area is 228 Å². The number of fused-ring (bicyclic) bond motifs is 6. The summed E-state index contributed by atoms with van der Waals surface area (Å²) in [6, 6.07) is 31.1. The molecule has 0 atom stereocenters. The highest BCUT2D eigenvalue weighted by atomic mass is 15.0. The maximum absolute atomic E-state index is 3.27. The molecule has 0 amide bonds. The van der Waals surface area contributed by atoms with Crippen LogP contribution in [0.2, 0.25) is 0 Å². The minimum atomic E-state index is 1.10. The van der Waals surface area contributed by atoms with Gasteiger partial charge in [0.05, 0.1) is 27.8 Å². The molecule has 0 fully saturated rings. The fraction of sp³-hybridized carbons (Fsp3) is 0.0541. The van der Waals surface area contributed by atoms with E-state index in [-0.39, 0.29) is 0 Å². The molecule has 2 aromatic heterocycles. The van der Waals surface area contributed by atoms with Gasteiger partial charge in [-0.05, 0) is 73.5 Å². The van der Waals surface area contributed by atoms with Crippen LogP contribution in [0.3, 0.4) is 0 Å². The van der Waals surface area contributed by atoms with Crippen LogP contribution < -0.4 is 0 Å². The van der Waals surface area contributed by atoms with Crippen LogP contribution in [-0.2, 0) is 0 Å². The van der Waals surface area contributed by atoms with Gasteiger partial charge in [-0.25, -0.2) is 0 Å². The van der Waals surface area contributed by atoms with Gasteiger partial charge in [-0.15, -0.1) is 5.73 Å². The zero-order chi connectivity index (χ0) is 26.3. The molecule has 7 rings (SSSR count). The summed E-state index contributed by atoms with van der Waals surface area (Å²) < 4.78 is 4.71. The van der Waals surface area contributed by atoms with Crippen molar-refractivity contribution in [2.75, 3.05) is 0 Å². The number of aromatic nitrogens is 2. The first-order chi connectivity index (χ1) is 19.3. The van der Waals surface area contributed by atoms with Crippen molar-refractivity contribution >= 4 is 55.0 Å². The summed E-state index contributed by atoms with van der Waals surface area (Å²) in [5, 5.41) is 5.04. The van der Waals surface area contributed by atoms with E-state index in [1.165, 1.54) is 60.4 Å². The standard InChI is InChI=1S/C37H28N2/c1-3-13-28(4-2)38-34-18-11-9-16-30(34)32-22-20-27(25-37(32)38)26-21-23-36-33(24-26)31-17-10-12-19-35(31)39(36)29-14-7-5-6-8-15-29/h3-7,9-25H,1-2H3/b13-3-,28-4+. The average Bonchev–Trinajstić information content (AvgIpc) is 3.34. The predicted molar refractivity (Wildman–Crippen MR) is 169 cm³/mol. The maximum atomic E-state index is 3.27. The van der Waals surface area contributed by atoms with E-state index in [0.29, 0.717) is 0 Å². The van der Waals surface area contributed by atoms with E-state index in [1.54, 1.807) is 0 Å². The number of nitrogens with zero attached hydrogens (tertiary/aromatic N) is 2. The molecule has 1 aliphatic carbocycles. The molecule has 0 saturated carbocycles. The molecule has 0 spiro atoms.